The first kappa shape index (κ1) is 78.6. The largest absolute Gasteiger partial charge is 0.456 e. The number of hydrogen-bond donors (Lipinski definition) is 0. The number of fused-ring (bicyclic) bond motifs is 29. The number of unbranched alkanes of at least 4 members (excludes halogenated alkanes) is 20. The number of furan rings is 3. The summed E-state index contributed by atoms with van der Waals surface area (Å²) in [5.74, 6) is 0.00299. The second-order valence-electron chi connectivity index (χ2n) is 39.1. The standard InChI is InChI=1S/C117H124O3/c1-11-15-19-23-27-42-64-116(65-43-28-24-20-16-12-2)91-62-63-101-104(83-49-35-39-53-98(83)118-101)103(91)89-74-95-88(73-96(89)116)79-60-57-78(71-94(79)117(95,66-44-29-25-21-17-13-3)67-45-30-26-22-18-14-4)86(68-75-56-59-81-92(69-75)113(5,6)97-72-87(76-46-32-31-33-47-76)111-106(102(81)97)84-50-36-40-54-99(84)119-111)77-58-61-82-93(70-77)115(9,10)110-108(82)112-107(85-51-37-41-55-100(85)120-112)105-80-48-34-38-52-90(80)114(7,8)109(105)110/h31-41,46-63,69-74,86H,11-30,42-45,64-68H2,1-10H3. The number of benzene rings is 12. The number of rotatable bonds is 33. The van der Waals surface area contributed by atoms with E-state index in [0.29, 0.717) is 0 Å². The van der Waals surface area contributed by atoms with Crippen LogP contribution in [0.3, 0.4) is 0 Å². The summed E-state index contributed by atoms with van der Waals surface area (Å²) in [7, 11) is 0. The van der Waals surface area contributed by atoms with Crippen LogP contribution in [0.25, 0.3) is 133 Å². The topological polar surface area (TPSA) is 39.4 Å². The predicted molar refractivity (Wildman–Crippen MR) is 509 cm³/mol. The summed E-state index contributed by atoms with van der Waals surface area (Å²) in [5.41, 5.74) is 39.8. The second kappa shape index (κ2) is 31.5. The summed E-state index contributed by atoms with van der Waals surface area (Å²) in [6.07, 6.45) is 36.2. The van der Waals surface area contributed by atoms with Crippen LogP contribution in [-0.4, -0.2) is 0 Å². The van der Waals surface area contributed by atoms with Crippen molar-refractivity contribution in [3.05, 3.63) is 285 Å². The van der Waals surface area contributed by atoms with Crippen LogP contribution < -0.4 is 0 Å². The molecule has 0 bridgehead atoms. The van der Waals surface area contributed by atoms with E-state index >= 15 is 0 Å². The van der Waals surface area contributed by atoms with Crippen molar-refractivity contribution < 1.29 is 13.3 Å². The van der Waals surface area contributed by atoms with Gasteiger partial charge >= 0.3 is 0 Å². The van der Waals surface area contributed by atoms with E-state index in [-0.39, 0.29) is 33.0 Å². The van der Waals surface area contributed by atoms with Gasteiger partial charge in [-0.2, -0.15) is 0 Å². The zero-order valence-electron chi connectivity index (χ0n) is 73.5. The van der Waals surface area contributed by atoms with Gasteiger partial charge in [0.15, 0.2) is 0 Å². The number of hydrogen-bond acceptors (Lipinski definition) is 3. The first-order valence-corrected chi connectivity index (χ1v) is 47.4. The van der Waals surface area contributed by atoms with Gasteiger partial charge < -0.3 is 13.3 Å². The summed E-state index contributed by atoms with van der Waals surface area (Å²) in [4.78, 5) is 0. The van der Waals surface area contributed by atoms with Gasteiger partial charge in [0.1, 0.15) is 33.5 Å². The highest BCUT2D eigenvalue weighted by Crippen LogP contribution is 2.67. The van der Waals surface area contributed by atoms with E-state index in [1.807, 2.05) is 0 Å². The molecule has 3 nitrogen and oxygen atoms in total. The Hall–Kier alpha value is -9.96. The van der Waals surface area contributed by atoms with Crippen LogP contribution >= 0.6 is 0 Å². The highest BCUT2D eigenvalue weighted by Gasteiger charge is 2.52. The summed E-state index contributed by atoms with van der Waals surface area (Å²) in [6.45, 7) is 24.5. The average Bonchev–Trinajstić information content (AvgIpc) is 1.51. The molecular weight excluding hydrogens is 1450 g/mol. The molecule has 20 rings (SSSR count). The van der Waals surface area contributed by atoms with E-state index in [4.69, 9.17) is 13.3 Å². The van der Waals surface area contributed by atoms with Crippen LogP contribution in [0.2, 0.25) is 0 Å². The van der Waals surface area contributed by atoms with E-state index in [1.165, 1.54) is 311 Å². The van der Waals surface area contributed by atoms with Gasteiger partial charge in [0.2, 0.25) is 0 Å². The van der Waals surface area contributed by atoms with Crippen molar-refractivity contribution in [2.45, 2.75) is 288 Å². The minimum atomic E-state index is -0.373. The molecule has 0 radical (unpaired) electrons. The highest BCUT2D eigenvalue weighted by molar-refractivity contribution is 6.22. The van der Waals surface area contributed by atoms with Crippen LogP contribution in [0, 0.1) is 0 Å². The van der Waals surface area contributed by atoms with Crippen LogP contribution in [0.4, 0.5) is 0 Å². The molecule has 3 heteroatoms. The lowest BCUT2D eigenvalue weighted by Crippen LogP contribution is -2.27. The van der Waals surface area contributed by atoms with Crippen molar-refractivity contribution in [1.82, 2.24) is 0 Å². The summed E-state index contributed by atoms with van der Waals surface area (Å²) in [6, 6.07) is 83.8. The summed E-state index contributed by atoms with van der Waals surface area (Å²) >= 11 is 0. The Morgan fingerprint density at radius 2 is 0.683 bits per heavy atom. The molecule has 0 fully saturated rings. The SMILES string of the molecule is CCCCCCCCC1(CCCCCCCC)c2cc(C(Cc3ccc4c(c3)C(C)(C)c3cc(-c5ccccc5)c5oc6ccccc6c5c3-4)c3ccc4c(c3)C(C)(C)c3c5c(c6c(oc7ccccc76)c3-4)-c3ccccc3C5(C)C)ccc2-c2cc3c(cc21)-c1c(ccc2oc4ccccc4c12)C3(CCCCCCCC)CCCCCCCC. The van der Waals surface area contributed by atoms with Gasteiger partial charge in [0, 0.05) is 76.4 Å². The first-order chi connectivity index (χ1) is 58.6. The van der Waals surface area contributed by atoms with Gasteiger partial charge in [-0.3, -0.25) is 0 Å². The van der Waals surface area contributed by atoms with Gasteiger partial charge in [-0.15, -0.1) is 0 Å². The molecule has 5 aliphatic carbocycles. The van der Waals surface area contributed by atoms with Crippen molar-refractivity contribution in [1.29, 1.82) is 0 Å². The minimum absolute atomic E-state index is 0.00299. The molecule has 0 saturated heterocycles. The molecule has 610 valence electrons. The molecule has 0 N–H and O–H groups in total. The first-order valence-electron chi connectivity index (χ1n) is 47.4. The molecule has 5 aliphatic rings. The average molecular weight is 1580 g/mol. The Morgan fingerprint density at radius 3 is 1.30 bits per heavy atom. The third kappa shape index (κ3) is 12.6. The normalized spacial score (nSPS) is 15.7. The molecular formula is C117H124O3. The monoisotopic (exact) mass is 1580 g/mol. The van der Waals surface area contributed by atoms with Crippen LogP contribution in [-0.2, 0) is 33.5 Å². The van der Waals surface area contributed by atoms with Gasteiger partial charge in [0.25, 0.3) is 0 Å². The van der Waals surface area contributed by atoms with Gasteiger partial charge in [-0.05, 0) is 203 Å². The fraction of sp³-hybridized carbons (Fsp3) is 0.385. The van der Waals surface area contributed by atoms with Gasteiger partial charge in [-0.25, -0.2) is 0 Å². The second-order valence-corrected chi connectivity index (χ2v) is 39.1. The van der Waals surface area contributed by atoms with Crippen molar-refractivity contribution in [3.8, 4) is 66.8 Å². The van der Waals surface area contributed by atoms with Gasteiger partial charge in [0.05, 0.1) is 0 Å². The zero-order chi connectivity index (χ0) is 81.8. The Morgan fingerprint density at radius 1 is 0.258 bits per heavy atom. The molecule has 15 aromatic rings. The molecule has 3 aromatic heterocycles. The molecule has 1 unspecified atom stereocenters. The quantitative estimate of drug-likeness (QED) is 0.0385. The molecule has 1 atom stereocenters. The number of para-hydroxylation sites is 3. The molecule has 0 amide bonds. The van der Waals surface area contributed by atoms with Crippen LogP contribution in [0.5, 0.6) is 0 Å². The van der Waals surface area contributed by atoms with Gasteiger partial charge in [-0.1, -0.05) is 393 Å². The lowest BCUT2D eigenvalue weighted by molar-refractivity contribution is 0.394. The molecule has 12 aromatic carbocycles. The molecule has 0 saturated carbocycles. The maximum atomic E-state index is 7.36. The minimum Gasteiger partial charge on any atom is -0.456 e. The van der Waals surface area contributed by atoms with E-state index in [9.17, 15) is 0 Å². The lowest BCUT2D eigenvalue weighted by Gasteiger charge is -2.35. The van der Waals surface area contributed by atoms with Crippen molar-refractivity contribution in [2.24, 2.45) is 0 Å². The molecule has 120 heavy (non-hydrogen) atoms. The lowest BCUT2D eigenvalue weighted by atomic mass is 9.68. The molecule has 0 spiro atoms. The molecule has 3 heterocycles. The maximum absolute atomic E-state index is 7.36. The Labute approximate surface area is 714 Å². The predicted octanol–water partition coefficient (Wildman–Crippen LogP) is 34.9. The smallest absolute Gasteiger partial charge is 0.144 e. The van der Waals surface area contributed by atoms with Crippen molar-refractivity contribution in [3.63, 3.8) is 0 Å². The summed E-state index contributed by atoms with van der Waals surface area (Å²) in [5, 5.41) is 7.44. The third-order valence-electron chi connectivity index (χ3n) is 30.8. The third-order valence-corrected chi connectivity index (χ3v) is 30.8. The fourth-order valence-corrected chi connectivity index (χ4v) is 24.7. The van der Waals surface area contributed by atoms with E-state index in [0.717, 1.165) is 58.3 Å². The van der Waals surface area contributed by atoms with Crippen LogP contribution in [0.15, 0.2) is 226 Å². The maximum Gasteiger partial charge on any atom is 0.144 e. The zero-order valence-corrected chi connectivity index (χ0v) is 73.5. The highest BCUT2D eigenvalue weighted by atomic mass is 16.3. The Bertz CT molecular complexity index is 6410. The Kier molecular flexibility index (Phi) is 20.6. The van der Waals surface area contributed by atoms with Crippen LogP contribution in [0.1, 0.15) is 327 Å². The van der Waals surface area contributed by atoms with E-state index in [2.05, 4.69) is 282 Å². The Balaban J connectivity index is 0.801. The van der Waals surface area contributed by atoms with E-state index < -0.39 is 0 Å². The van der Waals surface area contributed by atoms with E-state index in [1.54, 1.807) is 22.3 Å². The van der Waals surface area contributed by atoms with Crippen molar-refractivity contribution in [2.75, 3.05) is 0 Å². The fourth-order valence-electron chi connectivity index (χ4n) is 24.7. The summed E-state index contributed by atoms with van der Waals surface area (Å²) < 4.78 is 21.4. The molecule has 0 aliphatic heterocycles. The van der Waals surface area contributed by atoms with Crippen molar-refractivity contribution >= 4 is 65.8 Å².